The molecule has 1 saturated carbocycles. The molecule has 8 atom stereocenters. The van der Waals surface area contributed by atoms with Crippen molar-refractivity contribution in [2.75, 3.05) is 6.61 Å². The van der Waals surface area contributed by atoms with E-state index in [1.807, 2.05) is 19.9 Å². The highest BCUT2D eigenvalue weighted by atomic mass is 17.3. The van der Waals surface area contributed by atoms with Gasteiger partial charge in [-0.1, -0.05) is 26.0 Å². The largest absolute Gasteiger partial charge is 0.508 e. The number of ether oxygens (including phenoxy) is 4. The maximum Gasteiger partial charge on any atom is 0.308 e. The zero-order chi connectivity index (χ0) is 25.5. The molecule has 0 aromatic heterocycles. The number of fused-ring (bicyclic) bond motifs is 2. The van der Waals surface area contributed by atoms with Crippen LogP contribution in [0.5, 0.6) is 5.75 Å². The predicted molar refractivity (Wildman–Crippen MR) is 125 cm³/mol. The molecule has 1 unspecified atom stereocenters. The third-order valence-corrected chi connectivity index (χ3v) is 8.44. The van der Waals surface area contributed by atoms with Crippen LogP contribution in [0.4, 0.5) is 0 Å². The summed E-state index contributed by atoms with van der Waals surface area (Å²) in [6.07, 6.45) is 2.42. The lowest BCUT2D eigenvalue weighted by atomic mass is 9.58. The Morgan fingerprint density at radius 3 is 2.69 bits per heavy atom. The summed E-state index contributed by atoms with van der Waals surface area (Å²) in [7, 11) is 0. The van der Waals surface area contributed by atoms with Crippen LogP contribution in [0.1, 0.15) is 64.9 Å². The van der Waals surface area contributed by atoms with Gasteiger partial charge in [0, 0.05) is 24.7 Å². The minimum Gasteiger partial charge on any atom is -0.508 e. The van der Waals surface area contributed by atoms with Crippen LogP contribution in [0, 0.1) is 23.7 Å². The van der Waals surface area contributed by atoms with Gasteiger partial charge in [0.1, 0.15) is 5.75 Å². The van der Waals surface area contributed by atoms with Crippen molar-refractivity contribution in [2.24, 2.45) is 23.7 Å². The van der Waals surface area contributed by atoms with Crippen molar-refractivity contribution in [2.45, 2.75) is 89.7 Å². The number of hydrogen-bond donors (Lipinski definition) is 1. The summed E-state index contributed by atoms with van der Waals surface area (Å²) in [6.45, 7) is 6.28. The molecule has 1 aliphatic carbocycles. The van der Waals surface area contributed by atoms with Gasteiger partial charge in [-0.2, -0.15) is 0 Å². The second-order valence-corrected chi connectivity index (χ2v) is 10.9. The van der Waals surface area contributed by atoms with Crippen molar-refractivity contribution in [1.29, 1.82) is 0 Å². The summed E-state index contributed by atoms with van der Waals surface area (Å²) in [4.78, 5) is 36.7. The minimum absolute atomic E-state index is 0.0558. The van der Waals surface area contributed by atoms with Crippen molar-refractivity contribution < 1.29 is 43.4 Å². The van der Waals surface area contributed by atoms with Gasteiger partial charge in [0.2, 0.25) is 12.1 Å². The van der Waals surface area contributed by atoms with Crippen LogP contribution in [0.15, 0.2) is 24.3 Å². The first-order valence-corrected chi connectivity index (χ1v) is 13.0. The fraction of sp³-hybridized carbons (Fsp3) is 0.704. The van der Waals surface area contributed by atoms with Gasteiger partial charge in [0.25, 0.3) is 0 Å². The lowest BCUT2D eigenvalue weighted by molar-refractivity contribution is -0.576. The molecule has 5 aliphatic rings. The molecule has 5 fully saturated rings. The monoisotopic (exact) mass is 504 g/mol. The molecule has 198 valence electrons. The zero-order valence-electron chi connectivity index (χ0n) is 21.1. The maximum absolute atomic E-state index is 12.6. The lowest BCUT2D eigenvalue weighted by Gasteiger charge is -2.59. The summed E-state index contributed by atoms with van der Waals surface area (Å²) in [5.74, 6) is -1.10. The number of benzene rings is 1. The topological polar surface area (TPSA) is 110 Å². The normalized spacial score (nSPS) is 39.1. The standard InChI is InChI=1S/C27H36O9/c1-16-7-8-21-17(2)24(33-25-27(21)20(16)11-13-26(3,34-25)35-36-27)32-23(30)10-9-22(29)31-14-12-18-5-4-6-19(28)15-18/h4-6,15-17,20-21,24-25,28H,7-14H2,1-3H3/t16-,17-,20+,21+,24-,25-,26+,27?/m1/s1. The summed E-state index contributed by atoms with van der Waals surface area (Å²) < 4.78 is 23.5. The molecule has 1 N–H and O–H groups in total. The van der Waals surface area contributed by atoms with Gasteiger partial charge < -0.3 is 24.1 Å². The van der Waals surface area contributed by atoms with E-state index in [2.05, 4.69) is 6.92 Å². The van der Waals surface area contributed by atoms with E-state index in [1.54, 1.807) is 18.2 Å². The van der Waals surface area contributed by atoms with Gasteiger partial charge >= 0.3 is 11.9 Å². The van der Waals surface area contributed by atoms with E-state index >= 15 is 0 Å². The highest BCUT2D eigenvalue weighted by Crippen LogP contribution is 2.60. The van der Waals surface area contributed by atoms with Gasteiger partial charge in [-0.3, -0.25) is 9.59 Å². The molecule has 9 heteroatoms. The molecule has 1 aromatic rings. The number of phenols is 1. The molecule has 1 spiro atoms. The van der Waals surface area contributed by atoms with Crippen LogP contribution in [0.2, 0.25) is 0 Å². The van der Waals surface area contributed by atoms with Crippen LogP contribution in [-0.2, 0) is 44.7 Å². The predicted octanol–water partition coefficient (Wildman–Crippen LogP) is 4.01. The molecule has 6 rings (SSSR count). The van der Waals surface area contributed by atoms with Crippen LogP contribution in [-0.4, -0.2) is 47.6 Å². The molecular formula is C27H36O9. The maximum atomic E-state index is 12.6. The molecule has 4 saturated heterocycles. The fourth-order valence-corrected chi connectivity index (χ4v) is 6.47. The average molecular weight is 505 g/mol. The molecule has 36 heavy (non-hydrogen) atoms. The van der Waals surface area contributed by atoms with E-state index in [-0.39, 0.29) is 43.0 Å². The van der Waals surface area contributed by atoms with Crippen LogP contribution < -0.4 is 0 Å². The van der Waals surface area contributed by atoms with E-state index in [4.69, 9.17) is 28.7 Å². The fourth-order valence-electron chi connectivity index (χ4n) is 6.47. The number of aromatic hydroxyl groups is 1. The second kappa shape index (κ2) is 9.93. The first kappa shape index (κ1) is 25.4. The number of carbonyl (C=O) groups is 2. The molecule has 4 aliphatic heterocycles. The summed E-state index contributed by atoms with van der Waals surface area (Å²) in [5.41, 5.74) is 0.149. The number of phenolic OH excluding ortho intramolecular Hbond substituents is 1. The van der Waals surface area contributed by atoms with Gasteiger partial charge in [-0.05, 0) is 55.7 Å². The Kier molecular flexibility index (Phi) is 7.02. The molecule has 0 radical (unpaired) electrons. The average Bonchev–Trinajstić information content (AvgIpc) is 3.07. The van der Waals surface area contributed by atoms with E-state index in [1.165, 1.54) is 0 Å². The SMILES string of the molecule is C[C@H]1[C@H](OC(=O)CCC(=O)OCCc2cccc(O)c2)O[C@@H]2O[C@]3(C)CC[C@H]4[C@H](C)CC[C@@H]1C24OO3. The van der Waals surface area contributed by atoms with Gasteiger partial charge in [0.05, 0.1) is 19.4 Å². The van der Waals surface area contributed by atoms with Crippen LogP contribution in [0.25, 0.3) is 0 Å². The third-order valence-electron chi connectivity index (χ3n) is 8.44. The van der Waals surface area contributed by atoms with Crippen molar-refractivity contribution in [1.82, 2.24) is 0 Å². The van der Waals surface area contributed by atoms with E-state index in [0.29, 0.717) is 18.8 Å². The Morgan fingerprint density at radius 1 is 1.08 bits per heavy atom. The lowest BCUT2D eigenvalue weighted by Crippen LogP contribution is -2.70. The smallest absolute Gasteiger partial charge is 0.308 e. The quantitative estimate of drug-likeness (QED) is 0.435. The van der Waals surface area contributed by atoms with Crippen LogP contribution >= 0.6 is 0 Å². The molecule has 0 amide bonds. The summed E-state index contributed by atoms with van der Waals surface area (Å²) >= 11 is 0. The first-order valence-electron chi connectivity index (χ1n) is 13.0. The van der Waals surface area contributed by atoms with E-state index < -0.39 is 35.9 Å². The Morgan fingerprint density at radius 2 is 1.89 bits per heavy atom. The van der Waals surface area contributed by atoms with Crippen LogP contribution in [0.3, 0.4) is 0 Å². The second-order valence-electron chi connectivity index (χ2n) is 10.9. The highest BCUT2D eigenvalue weighted by Gasteiger charge is 2.69. The summed E-state index contributed by atoms with van der Waals surface area (Å²) in [5, 5.41) is 9.51. The zero-order valence-corrected chi connectivity index (χ0v) is 21.1. The molecule has 2 bridgehead atoms. The molecule has 9 nitrogen and oxygen atoms in total. The first-order chi connectivity index (χ1) is 17.2. The Bertz CT molecular complexity index is 982. The van der Waals surface area contributed by atoms with Crippen molar-refractivity contribution in [3.05, 3.63) is 29.8 Å². The highest BCUT2D eigenvalue weighted by molar-refractivity contribution is 5.77. The Hall–Kier alpha value is -2.20. The molecular weight excluding hydrogens is 468 g/mol. The van der Waals surface area contributed by atoms with E-state index in [0.717, 1.165) is 24.8 Å². The van der Waals surface area contributed by atoms with Gasteiger partial charge in [-0.25, -0.2) is 9.78 Å². The molecule has 1 aromatic carbocycles. The number of carbonyl (C=O) groups excluding carboxylic acids is 2. The van der Waals surface area contributed by atoms with Crippen molar-refractivity contribution in [3.63, 3.8) is 0 Å². The third kappa shape index (κ3) is 4.74. The van der Waals surface area contributed by atoms with Crippen molar-refractivity contribution in [3.8, 4) is 5.75 Å². The number of hydrogen-bond acceptors (Lipinski definition) is 9. The van der Waals surface area contributed by atoms with Crippen molar-refractivity contribution >= 4 is 11.9 Å². The summed E-state index contributed by atoms with van der Waals surface area (Å²) in [6, 6.07) is 6.78. The number of rotatable bonds is 7. The number of esters is 2. The van der Waals surface area contributed by atoms with Gasteiger partial charge in [-0.15, -0.1) is 0 Å². The van der Waals surface area contributed by atoms with Gasteiger partial charge in [0.15, 0.2) is 11.9 Å². The Labute approximate surface area is 211 Å². The Balaban J connectivity index is 1.15. The minimum atomic E-state index is -0.894. The van der Waals surface area contributed by atoms with E-state index in [9.17, 15) is 14.7 Å². The molecule has 4 heterocycles.